The molecule has 0 aliphatic heterocycles. The summed E-state index contributed by atoms with van der Waals surface area (Å²) in [4.78, 5) is 38.1. The van der Waals surface area contributed by atoms with Crippen LogP contribution in [0.2, 0.25) is 0 Å². The van der Waals surface area contributed by atoms with Crippen LogP contribution in [-0.4, -0.2) is 28.4 Å². The SMILES string of the molecule is CC(=O)CCCC(=O)Nc1ccc(NNC(=O)OC(C)(C)C)nc1. The second-order valence-electron chi connectivity index (χ2n) is 6.29. The van der Waals surface area contributed by atoms with Crippen LogP contribution in [0.4, 0.5) is 16.3 Å². The predicted octanol–water partition coefficient (Wildman–Crippen LogP) is 2.63. The van der Waals surface area contributed by atoms with Crippen LogP contribution in [0.25, 0.3) is 0 Å². The first-order valence-electron chi connectivity index (χ1n) is 7.66. The van der Waals surface area contributed by atoms with E-state index in [9.17, 15) is 14.4 Å². The van der Waals surface area contributed by atoms with Crippen molar-refractivity contribution in [3.05, 3.63) is 18.3 Å². The molecular weight excluding hydrogens is 312 g/mol. The lowest BCUT2D eigenvalue weighted by Gasteiger charge is -2.19. The van der Waals surface area contributed by atoms with E-state index in [1.54, 1.807) is 32.9 Å². The smallest absolute Gasteiger partial charge is 0.426 e. The highest BCUT2D eigenvalue weighted by molar-refractivity contribution is 5.90. The number of carbonyl (C=O) groups excluding carboxylic acids is 3. The largest absolute Gasteiger partial charge is 0.443 e. The van der Waals surface area contributed by atoms with E-state index in [4.69, 9.17) is 4.74 Å². The number of nitrogens with zero attached hydrogens (tertiary/aromatic N) is 1. The van der Waals surface area contributed by atoms with E-state index in [0.29, 0.717) is 24.3 Å². The number of aromatic nitrogens is 1. The Kier molecular flexibility index (Phi) is 7.16. The van der Waals surface area contributed by atoms with Crippen LogP contribution >= 0.6 is 0 Å². The fourth-order valence-electron chi connectivity index (χ4n) is 1.68. The third kappa shape index (κ3) is 8.72. The molecule has 8 heteroatoms. The Morgan fingerprint density at radius 1 is 1.17 bits per heavy atom. The number of rotatable bonds is 7. The number of anilines is 2. The summed E-state index contributed by atoms with van der Waals surface area (Å²) in [5, 5.41) is 2.69. The molecule has 2 amide bonds. The molecule has 0 bridgehead atoms. The quantitative estimate of drug-likeness (QED) is 0.660. The lowest BCUT2D eigenvalue weighted by Crippen LogP contribution is -2.36. The summed E-state index contributed by atoms with van der Waals surface area (Å²) < 4.78 is 5.07. The number of ketones is 1. The normalized spacial score (nSPS) is 10.7. The maximum Gasteiger partial charge on any atom is 0.426 e. The Bertz CT molecular complexity index is 579. The molecule has 0 radical (unpaired) electrons. The average Bonchev–Trinajstić information content (AvgIpc) is 2.44. The highest BCUT2D eigenvalue weighted by Gasteiger charge is 2.15. The van der Waals surface area contributed by atoms with Crippen molar-refractivity contribution in [3.63, 3.8) is 0 Å². The van der Waals surface area contributed by atoms with Crippen molar-refractivity contribution in [1.29, 1.82) is 0 Å². The Morgan fingerprint density at radius 2 is 1.88 bits per heavy atom. The number of hydrazine groups is 1. The fraction of sp³-hybridized carbons (Fsp3) is 0.500. The van der Waals surface area contributed by atoms with Crippen molar-refractivity contribution in [2.24, 2.45) is 0 Å². The molecule has 0 saturated heterocycles. The zero-order chi connectivity index (χ0) is 18.2. The number of amides is 2. The highest BCUT2D eigenvalue weighted by atomic mass is 16.6. The lowest BCUT2D eigenvalue weighted by molar-refractivity contribution is -0.117. The zero-order valence-electron chi connectivity index (χ0n) is 14.4. The molecule has 3 N–H and O–H groups in total. The second-order valence-corrected chi connectivity index (χ2v) is 6.29. The minimum atomic E-state index is -0.618. The van der Waals surface area contributed by atoms with Gasteiger partial charge in [0, 0.05) is 12.8 Å². The Balaban J connectivity index is 2.39. The summed E-state index contributed by atoms with van der Waals surface area (Å²) in [6.45, 7) is 6.79. The van der Waals surface area contributed by atoms with Crippen LogP contribution in [0.3, 0.4) is 0 Å². The molecule has 0 fully saturated rings. The minimum absolute atomic E-state index is 0.0670. The van der Waals surface area contributed by atoms with Gasteiger partial charge in [-0.15, -0.1) is 0 Å². The van der Waals surface area contributed by atoms with Crippen LogP contribution in [0.1, 0.15) is 47.0 Å². The number of Topliss-reactive ketones (excluding diaryl/α,β-unsaturated/α-hetero) is 1. The molecule has 132 valence electrons. The van der Waals surface area contributed by atoms with Crippen LogP contribution < -0.4 is 16.2 Å². The van der Waals surface area contributed by atoms with E-state index >= 15 is 0 Å². The van der Waals surface area contributed by atoms with Gasteiger partial charge in [0.25, 0.3) is 0 Å². The molecule has 1 aromatic heterocycles. The molecular formula is C16H24N4O4. The summed E-state index contributed by atoms with van der Waals surface area (Å²) in [5.41, 5.74) is 4.92. The maximum absolute atomic E-state index is 11.7. The van der Waals surface area contributed by atoms with Crippen LogP contribution in [0, 0.1) is 0 Å². The van der Waals surface area contributed by atoms with Crippen molar-refractivity contribution in [2.45, 2.75) is 52.6 Å². The molecule has 1 rings (SSSR count). The van der Waals surface area contributed by atoms with Gasteiger partial charge in [-0.2, -0.15) is 0 Å². The first-order chi connectivity index (χ1) is 11.2. The monoisotopic (exact) mass is 336 g/mol. The predicted molar refractivity (Wildman–Crippen MR) is 90.4 cm³/mol. The topological polar surface area (TPSA) is 109 Å². The van der Waals surface area contributed by atoms with Gasteiger partial charge in [0.1, 0.15) is 17.2 Å². The zero-order valence-corrected chi connectivity index (χ0v) is 14.4. The number of hydrogen-bond donors (Lipinski definition) is 3. The third-order valence-electron chi connectivity index (χ3n) is 2.67. The van der Waals surface area contributed by atoms with E-state index in [-0.39, 0.29) is 18.1 Å². The summed E-state index contributed by atoms with van der Waals surface area (Å²) >= 11 is 0. The molecule has 24 heavy (non-hydrogen) atoms. The van der Waals surface area contributed by atoms with Crippen molar-refractivity contribution in [1.82, 2.24) is 10.4 Å². The van der Waals surface area contributed by atoms with Gasteiger partial charge in [0.15, 0.2) is 0 Å². The molecule has 0 aromatic carbocycles. The highest BCUT2D eigenvalue weighted by Crippen LogP contribution is 2.11. The lowest BCUT2D eigenvalue weighted by atomic mass is 10.2. The number of carbonyl (C=O) groups is 3. The molecule has 8 nitrogen and oxygen atoms in total. The van der Waals surface area contributed by atoms with Gasteiger partial charge in [0.2, 0.25) is 5.91 Å². The van der Waals surface area contributed by atoms with Gasteiger partial charge >= 0.3 is 6.09 Å². The van der Waals surface area contributed by atoms with Crippen LogP contribution in [0.15, 0.2) is 18.3 Å². The number of hydrogen-bond acceptors (Lipinski definition) is 6. The minimum Gasteiger partial charge on any atom is -0.443 e. The molecule has 0 saturated carbocycles. The Morgan fingerprint density at radius 3 is 2.42 bits per heavy atom. The van der Waals surface area contributed by atoms with Crippen molar-refractivity contribution < 1.29 is 19.1 Å². The van der Waals surface area contributed by atoms with E-state index in [1.165, 1.54) is 13.1 Å². The Labute approximate surface area is 141 Å². The van der Waals surface area contributed by atoms with Gasteiger partial charge in [-0.05, 0) is 46.2 Å². The van der Waals surface area contributed by atoms with Gasteiger partial charge in [-0.3, -0.25) is 10.2 Å². The standard InChI is InChI=1S/C16H24N4O4/c1-11(21)6-5-7-14(22)18-12-8-9-13(17-10-12)19-20-15(23)24-16(2,3)4/h8-10H,5-7H2,1-4H3,(H,17,19)(H,18,22)(H,20,23). The van der Waals surface area contributed by atoms with Gasteiger partial charge < -0.3 is 14.8 Å². The van der Waals surface area contributed by atoms with Crippen molar-refractivity contribution in [3.8, 4) is 0 Å². The first kappa shape index (κ1) is 19.4. The van der Waals surface area contributed by atoms with Crippen molar-refractivity contribution in [2.75, 3.05) is 10.7 Å². The molecule has 0 aliphatic rings. The molecule has 0 aliphatic carbocycles. The van der Waals surface area contributed by atoms with Crippen molar-refractivity contribution >= 4 is 29.3 Å². The summed E-state index contributed by atoms with van der Waals surface area (Å²) in [5.74, 6) is 0.290. The number of nitrogens with one attached hydrogen (secondary N) is 3. The van der Waals surface area contributed by atoms with Gasteiger partial charge in [0.05, 0.1) is 11.9 Å². The molecule has 0 atom stereocenters. The van der Waals surface area contributed by atoms with Crippen LogP contribution in [0.5, 0.6) is 0 Å². The van der Waals surface area contributed by atoms with Crippen LogP contribution in [-0.2, 0) is 14.3 Å². The average molecular weight is 336 g/mol. The second kappa shape index (κ2) is 8.85. The van der Waals surface area contributed by atoms with Gasteiger partial charge in [-0.1, -0.05) is 0 Å². The molecule has 0 unspecified atom stereocenters. The van der Waals surface area contributed by atoms with E-state index in [1.807, 2.05) is 0 Å². The maximum atomic E-state index is 11.7. The molecule has 1 heterocycles. The number of ether oxygens (including phenoxy) is 1. The summed E-state index contributed by atoms with van der Waals surface area (Å²) in [6, 6.07) is 3.25. The summed E-state index contributed by atoms with van der Waals surface area (Å²) in [7, 11) is 0. The number of pyridine rings is 1. The summed E-state index contributed by atoms with van der Waals surface area (Å²) in [6.07, 6.45) is 2.04. The van der Waals surface area contributed by atoms with E-state index < -0.39 is 11.7 Å². The fourth-order valence-corrected chi connectivity index (χ4v) is 1.68. The Hall–Kier alpha value is -2.64. The van der Waals surface area contributed by atoms with E-state index in [2.05, 4.69) is 21.2 Å². The van der Waals surface area contributed by atoms with E-state index in [0.717, 1.165) is 0 Å². The third-order valence-corrected chi connectivity index (χ3v) is 2.67. The first-order valence-corrected chi connectivity index (χ1v) is 7.66. The molecule has 0 spiro atoms. The molecule has 1 aromatic rings. The van der Waals surface area contributed by atoms with Gasteiger partial charge in [-0.25, -0.2) is 15.2 Å².